The maximum absolute atomic E-state index is 12.7. The molecule has 2 unspecified atom stereocenters. The summed E-state index contributed by atoms with van der Waals surface area (Å²) in [6.45, 7) is 1.45. The maximum Gasteiger partial charge on any atom is 0.218 e. The van der Waals surface area contributed by atoms with Crippen LogP contribution in [0.25, 0.3) is 0 Å². The molecule has 2 atom stereocenters. The van der Waals surface area contributed by atoms with Crippen molar-refractivity contribution in [3.63, 3.8) is 0 Å². The minimum Gasteiger partial charge on any atom is -0.313 e. The smallest absolute Gasteiger partial charge is 0.218 e. The van der Waals surface area contributed by atoms with E-state index in [4.69, 9.17) is 0 Å². The van der Waals surface area contributed by atoms with Crippen LogP contribution in [-0.4, -0.2) is 63.1 Å². The van der Waals surface area contributed by atoms with Crippen molar-refractivity contribution >= 4 is 19.9 Å². The predicted molar refractivity (Wildman–Crippen MR) is 76.7 cm³/mol. The zero-order valence-electron chi connectivity index (χ0n) is 11.5. The molecule has 1 aliphatic carbocycles. The molecule has 0 aromatic carbocycles. The van der Waals surface area contributed by atoms with Gasteiger partial charge in [-0.3, -0.25) is 0 Å². The van der Waals surface area contributed by atoms with Crippen LogP contribution in [-0.2, 0) is 19.9 Å². The van der Waals surface area contributed by atoms with Crippen LogP contribution in [0.4, 0.5) is 0 Å². The fraction of sp³-hybridized carbons (Fsp3) is 1.00. The van der Waals surface area contributed by atoms with Crippen molar-refractivity contribution in [2.75, 3.05) is 24.6 Å². The van der Waals surface area contributed by atoms with E-state index in [9.17, 15) is 16.8 Å². The molecular weight excluding hydrogens is 300 g/mol. The molecule has 20 heavy (non-hydrogen) atoms. The van der Waals surface area contributed by atoms with Gasteiger partial charge in [0.25, 0.3) is 0 Å². The van der Waals surface area contributed by atoms with Gasteiger partial charge in [-0.1, -0.05) is 0 Å². The van der Waals surface area contributed by atoms with Crippen molar-refractivity contribution in [3.8, 4) is 0 Å². The first-order valence-electron chi connectivity index (χ1n) is 7.33. The van der Waals surface area contributed by atoms with Crippen molar-refractivity contribution < 1.29 is 16.8 Å². The van der Waals surface area contributed by atoms with Gasteiger partial charge in [-0.05, 0) is 38.6 Å². The summed E-state index contributed by atoms with van der Waals surface area (Å²) < 4.78 is 50.1. The van der Waals surface area contributed by atoms with E-state index in [0.717, 1.165) is 32.2 Å². The summed E-state index contributed by atoms with van der Waals surface area (Å²) in [5, 5.41) is 2.60. The Balaban J connectivity index is 1.75. The van der Waals surface area contributed by atoms with E-state index in [1.807, 2.05) is 0 Å². The normalized spacial score (nSPS) is 33.9. The Labute approximate surface area is 120 Å². The van der Waals surface area contributed by atoms with E-state index in [1.165, 1.54) is 0 Å². The zero-order chi connectivity index (χ0) is 14.4. The third kappa shape index (κ3) is 3.03. The number of sulfone groups is 1. The number of hydrogen-bond donors (Lipinski definition) is 1. The van der Waals surface area contributed by atoms with Gasteiger partial charge in [0.15, 0.2) is 9.84 Å². The highest BCUT2D eigenvalue weighted by molar-refractivity contribution is 7.95. The molecule has 2 heterocycles. The number of hydrogen-bond acceptors (Lipinski definition) is 5. The number of rotatable bonds is 5. The lowest BCUT2D eigenvalue weighted by Crippen LogP contribution is -2.46. The average Bonchev–Trinajstić information content (AvgIpc) is 2.93. The van der Waals surface area contributed by atoms with Gasteiger partial charge in [-0.15, -0.1) is 0 Å². The summed E-state index contributed by atoms with van der Waals surface area (Å²) in [4.78, 5) is 0. The fourth-order valence-corrected chi connectivity index (χ4v) is 7.96. The van der Waals surface area contributed by atoms with Gasteiger partial charge < -0.3 is 5.32 Å². The quantitative estimate of drug-likeness (QED) is 0.753. The molecule has 2 saturated heterocycles. The van der Waals surface area contributed by atoms with Gasteiger partial charge in [0.1, 0.15) is 0 Å². The van der Waals surface area contributed by atoms with E-state index in [0.29, 0.717) is 6.54 Å². The summed E-state index contributed by atoms with van der Waals surface area (Å²) in [7, 11) is -6.65. The molecule has 0 bridgehead atoms. The molecule has 2 aliphatic heterocycles. The highest BCUT2D eigenvalue weighted by Crippen LogP contribution is 2.33. The summed E-state index contributed by atoms with van der Waals surface area (Å²) >= 11 is 0. The lowest BCUT2D eigenvalue weighted by molar-refractivity contribution is 0.359. The minimum atomic E-state index is -3.48. The predicted octanol–water partition coefficient (Wildman–Crippen LogP) is -0.280. The molecule has 0 aromatic rings. The summed E-state index contributed by atoms with van der Waals surface area (Å²) in [5.74, 6) is -0.187. The zero-order valence-corrected chi connectivity index (χ0v) is 13.1. The van der Waals surface area contributed by atoms with Crippen molar-refractivity contribution in [2.45, 2.75) is 49.4 Å². The van der Waals surface area contributed by atoms with Crippen molar-refractivity contribution in [1.82, 2.24) is 9.62 Å². The monoisotopic (exact) mass is 322 g/mol. The standard InChI is InChI=1S/C12H22N2O4S2/c15-19(16)7-5-12(9-19)20(17,18)14(11-3-4-11)8-10-2-1-6-13-10/h10-13H,1-9H2. The topological polar surface area (TPSA) is 83.5 Å². The highest BCUT2D eigenvalue weighted by Gasteiger charge is 2.46. The van der Waals surface area contributed by atoms with E-state index in [1.54, 1.807) is 4.31 Å². The summed E-state index contributed by atoms with van der Waals surface area (Å²) in [5.41, 5.74) is 0. The molecule has 3 aliphatic rings. The molecule has 0 spiro atoms. The largest absolute Gasteiger partial charge is 0.313 e. The Kier molecular flexibility index (Phi) is 3.85. The third-order valence-corrected chi connectivity index (χ3v) is 8.78. The fourth-order valence-electron chi connectivity index (χ4n) is 3.14. The van der Waals surface area contributed by atoms with Gasteiger partial charge in [0.2, 0.25) is 10.0 Å². The second-order valence-corrected chi connectivity index (χ2v) is 10.6. The van der Waals surface area contributed by atoms with Crippen molar-refractivity contribution in [2.24, 2.45) is 0 Å². The van der Waals surface area contributed by atoms with Crippen molar-refractivity contribution in [1.29, 1.82) is 0 Å². The van der Waals surface area contributed by atoms with Crippen LogP contribution in [0.2, 0.25) is 0 Å². The summed E-state index contributed by atoms with van der Waals surface area (Å²) in [6.07, 6.45) is 4.16. The van der Waals surface area contributed by atoms with Crippen LogP contribution in [0, 0.1) is 0 Å². The van der Waals surface area contributed by atoms with Gasteiger partial charge in [-0.25, -0.2) is 16.8 Å². The van der Waals surface area contributed by atoms with Crippen molar-refractivity contribution in [3.05, 3.63) is 0 Å². The first kappa shape index (κ1) is 14.7. The SMILES string of the molecule is O=S1(=O)CCC(S(=O)(=O)N(CC2CCCN2)C2CC2)C1. The van der Waals surface area contributed by atoms with Crippen LogP contribution in [0.15, 0.2) is 0 Å². The molecule has 0 amide bonds. The third-order valence-electron chi connectivity index (χ3n) is 4.46. The van der Waals surface area contributed by atoms with E-state index < -0.39 is 25.1 Å². The van der Waals surface area contributed by atoms with Crippen LogP contribution in [0.1, 0.15) is 32.1 Å². The average molecular weight is 322 g/mol. The molecule has 3 rings (SSSR count). The lowest BCUT2D eigenvalue weighted by atomic mass is 10.2. The van der Waals surface area contributed by atoms with Crippen LogP contribution in [0.3, 0.4) is 0 Å². The van der Waals surface area contributed by atoms with Gasteiger partial charge in [0.05, 0.1) is 16.8 Å². The Morgan fingerprint density at radius 3 is 2.40 bits per heavy atom. The van der Waals surface area contributed by atoms with E-state index >= 15 is 0 Å². The number of nitrogens with one attached hydrogen (secondary N) is 1. The van der Waals surface area contributed by atoms with Gasteiger partial charge >= 0.3 is 0 Å². The van der Waals surface area contributed by atoms with E-state index in [2.05, 4.69) is 5.32 Å². The number of sulfonamides is 1. The molecule has 1 N–H and O–H groups in total. The molecular formula is C12H22N2O4S2. The summed E-state index contributed by atoms with van der Waals surface area (Å²) in [6, 6.07) is 0.328. The second kappa shape index (κ2) is 5.23. The second-order valence-electron chi connectivity index (χ2n) is 6.16. The molecule has 8 heteroatoms. The Bertz CT molecular complexity index is 562. The highest BCUT2D eigenvalue weighted by atomic mass is 32.2. The van der Waals surface area contributed by atoms with Gasteiger partial charge in [-0.2, -0.15) is 4.31 Å². The Hall–Kier alpha value is -0.180. The first-order chi connectivity index (χ1) is 9.38. The molecule has 0 radical (unpaired) electrons. The minimum absolute atomic E-state index is 0.0110. The van der Waals surface area contributed by atoms with Crippen LogP contribution < -0.4 is 5.32 Å². The van der Waals surface area contributed by atoms with Crippen LogP contribution >= 0.6 is 0 Å². The maximum atomic E-state index is 12.7. The first-order valence-corrected chi connectivity index (χ1v) is 10.7. The molecule has 1 saturated carbocycles. The Morgan fingerprint density at radius 1 is 1.15 bits per heavy atom. The number of nitrogens with zero attached hydrogens (tertiary/aromatic N) is 1. The van der Waals surface area contributed by atoms with Gasteiger partial charge in [0, 0.05) is 18.6 Å². The van der Waals surface area contributed by atoms with E-state index in [-0.39, 0.29) is 30.0 Å². The molecule has 0 aromatic heterocycles. The molecule has 6 nitrogen and oxygen atoms in total. The van der Waals surface area contributed by atoms with Crippen LogP contribution in [0.5, 0.6) is 0 Å². The molecule has 116 valence electrons. The molecule has 3 fully saturated rings. The lowest BCUT2D eigenvalue weighted by Gasteiger charge is -2.27. The Morgan fingerprint density at radius 2 is 1.90 bits per heavy atom.